The largest absolute Gasteiger partial charge is 0.508 e. The molecule has 0 heterocycles. The van der Waals surface area contributed by atoms with E-state index < -0.39 is 11.7 Å². The summed E-state index contributed by atoms with van der Waals surface area (Å²) in [6.07, 6.45) is -0.789. The Kier molecular flexibility index (Phi) is 4.98. The van der Waals surface area contributed by atoms with Crippen LogP contribution in [-0.4, -0.2) is 12.2 Å². The summed E-state index contributed by atoms with van der Waals surface area (Å²) in [4.78, 5) is 0. The minimum atomic E-state index is -4.33. The van der Waals surface area contributed by atoms with Crippen LogP contribution < -0.4 is 4.74 Å². The predicted molar refractivity (Wildman–Crippen MR) is 83.6 cm³/mol. The van der Waals surface area contributed by atoms with Gasteiger partial charge in [-0.2, -0.15) is 13.2 Å². The van der Waals surface area contributed by atoms with Gasteiger partial charge in [0.2, 0.25) is 0 Å². The van der Waals surface area contributed by atoms with Crippen LogP contribution in [0.1, 0.15) is 29.5 Å². The van der Waals surface area contributed by atoms with Gasteiger partial charge in [-0.3, -0.25) is 0 Å². The second-order valence-corrected chi connectivity index (χ2v) is 5.19. The molecule has 0 aliphatic carbocycles. The van der Waals surface area contributed by atoms with Crippen molar-refractivity contribution < 1.29 is 23.0 Å². The van der Waals surface area contributed by atoms with Crippen molar-refractivity contribution in [3.63, 3.8) is 0 Å². The van der Waals surface area contributed by atoms with E-state index >= 15 is 0 Å². The molecule has 0 amide bonds. The molecule has 0 radical (unpaired) electrons. The van der Waals surface area contributed by atoms with Crippen molar-refractivity contribution in [2.24, 2.45) is 0 Å². The first-order chi connectivity index (χ1) is 10.8. The SMILES string of the molecule is COc1ccc(O)c(C(C)C=Cc2ccc(C(F)(F)F)cc2)c1. The maximum absolute atomic E-state index is 12.5. The van der Waals surface area contributed by atoms with Gasteiger partial charge in [0.25, 0.3) is 0 Å². The lowest BCUT2D eigenvalue weighted by atomic mass is 9.98. The number of alkyl halides is 3. The molecule has 0 aliphatic rings. The molecule has 0 fully saturated rings. The van der Waals surface area contributed by atoms with E-state index in [4.69, 9.17) is 4.74 Å². The standard InChI is InChI=1S/C18H17F3O2/c1-12(16-11-15(23-2)9-10-17(16)22)3-4-13-5-7-14(8-6-13)18(19,20)21/h3-12,22H,1-2H3. The smallest absolute Gasteiger partial charge is 0.416 e. The third-order valence-corrected chi connectivity index (χ3v) is 3.54. The number of allylic oxidation sites excluding steroid dienone is 1. The van der Waals surface area contributed by atoms with Crippen LogP contribution in [0.25, 0.3) is 6.08 Å². The molecule has 122 valence electrons. The zero-order chi connectivity index (χ0) is 17.0. The quantitative estimate of drug-likeness (QED) is 0.834. The van der Waals surface area contributed by atoms with Crippen LogP contribution in [0.4, 0.5) is 13.2 Å². The number of hydrogen-bond acceptors (Lipinski definition) is 2. The first-order valence-electron chi connectivity index (χ1n) is 7.03. The molecule has 0 saturated heterocycles. The monoisotopic (exact) mass is 322 g/mol. The number of phenolic OH excluding ortho intramolecular Hbond substituents is 1. The Hall–Kier alpha value is -2.43. The zero-order valence-electron chi connectivity index (χ0n) is 12.8. The Morgan fingerprint density at radius 1 is 1.09 bits per heavy atom. The molecule has 1 unspecified atom stereocenters. The molecule has 2 rings (SSSR count). The molecular weight excluding hydrogens is 305 g/mol. The first kappa shape index (κ1) is 16.9. The second-order valence-electron chi connectivity index (χ2n) is 5.19. The normalized spacial score (nSPS) is 13.3. The summed E-state index contributed by atoms with van der Waals surface area (Å²) in [7, 11) is 1.54. The van der Waals surface area contributed by atoms with E-state index in [1.165, 1.54) is 12.1 Å². The van der Waals surface area contributed by atoms with Gasteiger partial charge in [0.05, 0.1) is 12.7 Å². The fourth-order valence-electron chi connectivity index (χ4n) is 2.17. The van der Waals surface area contributed by atoms with Crippen molar-refractivity contribution in [1.82, 2.24) is 0 Å². The first-order valence-corrected chi connectivity index (χ1v) is 7.03. The van der Waals surface area contributed by atoms with Gasteiger partial charge in [-0.05, 0) is 35.9 Å². The molecule has 2 nitrogen and oxygen atoms in total. The Balaban J connectivity index is 2.16. The highest BCUT2D eigenvalue weighted by atomic mass is 19.4. The number of aromatic hydroxyl groups is 1. The van der Waals surface area contributed by atoms with E-state index in [9.17, 15) is 18.3 Å². The number of ether oxygens (including phenoxy) is 1. The number of rotatable bonds is 4. The molecular formula is C18H17F3O2. The van der Waals surface area contributed by atoms with Crippen molar-refractivity contribution in [3.8, 4) is 11.5 Å². The van der Waals surface area contributed by atoms with Crippen LogP contribution >= 0.6 is 0 Å². The number of hydrogen-bond donors (Lipinski definition) is 1. The molecule has 0 spiro atoms. The summed E-state index contributed by atoms with van der Waals surface area (Å²) in [5.74, 6) is 0.662. The molecule has 0 bridgehead atoms. The topological polar surface area (TPSA) is 29.5 Å². The lowest BCUT2D eigenvalue weighted by Crippen LogP contribution is -2.03. The van der Waals surface area contributed by atoms with Crippen molar-refractivity contribution in [1.29, 1.82) is 0 Å². The summed E-state index contributed by atoms with van der Waals surface area (Å²) < 4.78 is 42.7. The second kappa shape index (κ2) is 6.77. The van der Waals surface area contributed by atoms with E-state index in [-0.39, 0.29) is 11.7 Å². The maximum Gasteiger partial charge on any atom is 0.416 e. The molecule has 2 aromatic rings. The molecule has 23 heavy (non-hydrogen) atoms. The van der Waals surface area contributed by atoms with Crippen LogP contribution in [0.2, 0.25) is 0 Å². The lowest BCUT2D eigenvalue weighted by molar-refractivity contribution is -0.137. The third kappa shape index (κ3) is 4.28. The van der Waals surface area contributed by atoms with Gasteiger partial charge < -0.3 is 9.84 Å². The predicted octanol–water partition coefficient (Wildman–Crippen LogP) is 5.24. The summed E-state index contributed by atoms with van der Waals surface area (Å²) in [5.41, 5.74) is 0.674. The van der Waals surface area contributed by atoms with E-state index in [1.54, 1.807) is 31.4 Å². The van der Waals surface area contributed by atoms with Gasteiger partial charge in [0, 0.05) is 11.5 Å². The van der Waals surface area contributed by atoms with Crippen LogP contribution in [0.3, 0.4) is 0 Å². The molecule has 1 N–H and O–H groups in total. The van der Waals surface area contributed by atoms with Gasteiger partial charge in [0.1, 0.15) is 11.5 Å². The minimum Gasteiger partial charge on any atom is -0.508 e. The fourth-order valence-corrected chi connectivity index (χ4v) is 2.17. The van der Waals surface area contributed by atoms with E-state index in [0.29, 0.717) is 16.9 Å². The van der Waals surface area contributed by atoms with Crippen LogP contribution in [0.15, 0.2) is 48.5 Å². The molecule has 0 saturated carbocycles. The number of halogens is 3. The Bertz CT molecular complexity index is 688. The molecule has 1 atom stereocenters. The highest BCUT2D eigenvalue weighted by molar-refractivity contribution is 5.53. The van der Waals surface area contributed by atoms with E-state index in [2.05, 4.69) is 0 Å². The fraction of sp³-hybridized carbons (Fsp3) is 0.222. The Morgan fingerprint density at radius 2 is 1.74 bits per heavy atom. The van der Waals surface area contributed by atoms with Crippen LogP contribution in [0, 0.1) is 0 Å². The van der Waals surface area contributed by atoms with Crippen LogP contribution in [0.5, 0.6) is 11.5 Å². The maximum atomic E-state index is 12.5. The highest BCUT2D eigenvalue weighted by Crippen LogP contribution is 2.31. The Labute approximate surface area is 132 Å². The van der Waals surface area contributed by atoms with Gasteiger partial charge in [-0.15, -0.1) is 0 Å². The lowest BCUT2D eigenvalue weighted by Gasteiger charge is -2.11. The van der Waals surface area contributed by atoms with Crippen molar-refractivity contribution in [2.45, 2.75) is 19.0 Å². The van der Waals surface area contributed by atoms with E-state index in [0.717, 1.165) is 12.1 Å². The van der Waals surface area contributed by atoms with Crippen LogP contribution in [-0.2, 0) is 6.18 Å². The number of methoxy groups -OCH3 is 1. The van der Waals surface area contributed by atoms with Gasteiger partial charge in [0.15, 0.2) is 0 Å². The average Bonchev–Trinajstić information content (AvgIpc) is 2.52. The summed E-state index contributed by atoms with van der Waals surface area (Å²) in [6, 6.07) is 9.87. The minimum absolute atomic E-state index is 0.118. The molecule has 2 aromatic carbocycles. The van der Waals surface area contributed by atoms with E-state index in [1.807, 2.05) is 13.0 Å². The number of benzene rings is 2. The zero-order valence-corrected chi connectivity index (χ0v) is 12.8. The summed E-state index contributed by atoms with van der Waals surface area (Å²) in [5, 5.41) is 9.91. The summed E-state index contributed by atoms with van der Waals surface area (Å²) in [6.45, 7) is 1.88. The van der Waals surface area contributed by atoms with Crippen molar-refractivity contribution in [3.05, 3.63) is 65.2 Å². The van der Waals surface area contributed by atoms with Gasteiger partial charge in [-0.1, -0.05) is 31.2 Å². The average molecular weight is 322 g/mol. The third-order valence-electron chi connectivity index (χ3n) is 3.54. The van der Waals surface area contributed by atoms with Crippen molar-refractivity contribution >= 4 is 6.08 Å². The number of phenols is 1. The van der Waals surface area contributed by atoms with Gasteiger partial charge >= 0.3 is 6.18 Å². The highest BCUT2D eigenvalue weighted by Gasteiger charge is 2.29. The summed E-state index contributed by atoms with van der Waals surface area (Å²) >= 11 is 0. The molecule has 5 heteroatoms. The van der Waals surface area contributed by atoms with Gasteiger partial charge in [-0.25, -0.2) is 0 Å². The Morgan fingerprint density at radius 3 is 2.30 bits per heavy atom. The molecule has 0 aliphatic heterocycles. The van der Waals surface area contributed by atoms with Crippen molar-refractivity contribution in [2.75, 3.05) is 7.11 Å². The molecule has 0 aromatic heterocycles.